The van der Waals surface area contributed by atoms with Gasteiger partial charge in [-0.2, -0.15) is 13.2 Å². The molecule has 1 saturated heterocycles. The maximum absolute atomic E-state index is 12.8. The van der Waals surface area contributed by atoms with E-state index in [1.807, 2.05) is 4.90 Å². The number of aliphatic hydroxyl groups is 1. The lowest BCUT2D eigenvalue weighted by Crippen LogP contribution is -2.54. The van der Waals surface area contributed by atoms with E-state index in [1.165, 1.54) is 23.8 Å². The van der Waals surface area contributed by atoms with E-state index in [9.17, 15) is 18.3 Å². The summed E-state index contributed by atoms with van der Waals surface area (Å²) >= 11 is 0. The second-order valence-corrected chi connectivity index (χ2v) is 9.04. The summed E-state index contributed by atoms with van der Waals surface area (Å²) in [6, 6.07) is -1.41. The quantitative estimate of drug-likeness (QED) is 0.678. The Morgan fingerprint density at radius 3 is 2.48 bits per heavy atom. The summed E-state index contributed by atoms with van der Waals surface area (Å²) in [5.74, 6) is 1.41. The lowest BCUT2D eigenvalue weighted by Gasteiger charge is -2.56. The monoisotopic (exact) mass is 390 g/mol. The number of ether oxygens (including phenoxy) is 1. The van der Waals surface area contributed by atoms with E-state index in [2.05, 4.69) is 19.9 Å². The highest BCUT2D eigenvalue weighted by Crippen LogP contribution is 2.59. The zero-order valence-corrected chi connectivity index (χ0v) is 16.6. The van der Waals surface area contributed by atoms with Gasteiger partial charge in [-0.15, -0.1) is 0 Å². The Morgan fingerprint density at radius 2 is 1.93 bits per heavy atom. The Hall–Kier alpha value is -0.630. The number of nitrogens with zero attached hydrogens (tertiary/aromatic N) is 2. The minimum absolute atomic E-state index is 0.271. The number of β-amino-alcohol motifs (C(OH)–C–C–N with tert-alkyl or cyclic N) is 1. The molecule has 1 N–H and O–H groups in total. The van der Waals surface area contributed by atoms with Crippen LogP contribution in [0, 0.1) is 17.3 Å². The average molecular weight is 390 g/mol. The van der Waals surface area contributed by atoms with Crippen LogP contribution >= 0.6 is 0 Å². The van der Waals surface area contributed by atoms with Crippen LogP contribution in [-0.2, 0) is 4.74 Å². The Labute approximate surface area is 160 Å². The van der Waals surface area contributed by atoms with E-state index in [0.29, 0.717) is 50.7 Å². The lowest BCUT2D eigenvalue weighted by atomic mass is 9.49. The number of halogens is 3. The molecule has 2 bridgehead atoms. The first kappa shape index (κ1) is 21.1. The molecule has 27 heavy (non-hydrogen) atoms. The highest BCUT2D eigenvalue weighted by atomic mass is 19.4. The van der Waals surface area contributed by atoms with Crippen LogP contribution in [0.4, 0.5) is 13.2 Å². The molecule has 3 aliphatic carbocycles. The van der Waals surface area contributed by atoms with Crippen LogP contribution in [-0.4, -0.2) is 79.2 Å². The molecular formula is C20H33F3N2O2. The van der Waals surface area contributed by atoms with Gasteiger partial charge >= 0.3 is 6.18 Å². The Balaban J connectivity index is 1.34. The Morgan fingerprint density at radius 1 is 1.26 bits per heavy atom. The highest BCUT2D eigenvalue weighted by molar-refractivity contribution is 5.23. The van der Waals surface area contributed by atoms with Crippen molar-refractivity contribution in [1.82, 2.24) is 9.80 Å². The van der Waals surface area contributed by atoms with E-state index >= 15 is 0 Å². The second-order valence-electron chi connectivity index (χ2n) is 9.04. The topological polar surface area (TPSA) is 35.9 Å². The first-order valence-corrected chi connectivity index (χ1v) is 10.1. The van der Waals surface area contributed by atoms with Crippen molar-refractivity contribution >= 4 is 0 Å². The van der Waals surface area contributed by atoms with E-state index in [1.54, 1.807) is 0 Å². The van der Waals surface area contributed by atoms with E-state index < -0.39 is 18.3 Å². The highest BCUT2D eigenvalue weighted by Gasteiger charge is 2.51. The number of allylic oxidation sites excluding steroid dienone is 1. The molecule has 2 fully saturated rings. The molecule has 0 amide bonds. The van der Waals surface area contributed by atoms with Gasteiger partial charge in [0.2, 0.25) is 0 Å². The van der Waals surface area contributed by atoms with Crippen molar-refractivity contribution in [3.63, 3.8) is 0 Å². The predicted molar refractivity (Wildman–Crippen MR) is 98.4 cm³/mol. The van der Waals surface area contributed by atoms with Crippen LogP contribution in [0.3, 0.4) is 0 Å². The zero-order valence-electron chi connectivity index (χ0n) is 16.6. The summed E-state index contributed by atoms with van der Waals surface area (Å²) in [6.45, 7) is 8.99. The minimum Gasteiger partial charge on any atom is -0.389 e. The summed E-state index contributed by atoms with van der Waals surface area (Å²) < 4.78 is 44.2. The molecule has 0 aromatic heterocycles. The molecule has 1 saturated carbocycles. The number of hydrogen-bond donors (Lipinski definition) is 1. The van der Waals surface area contributed by atoms with Crippen molar-refractivity contribution in [2.75, 3.05) is 45.9 Å². The average Bonchev–Trinajstić information content (AvgIpc) is 2.61. The van der Waals surface area contributed by atoms with Gasteiger partial charge in [-0.25, -0.2) is 0 Å². The standard InChI is InChI=1S/C20H33F3N2O2/c1-14(20(21,22)23)25-8-6-24(7-9-25)11-17(26)13-27-12-15-4-5-16-10-18(15)19(16,2)3/h4,14,16-18,26H,5-13H2,1-3H3/t14-,16-,17+,18+/m0/s1. The van der Waals surface area contributed by atoms with Gasteiger partial charge in [0.15, 0.2) is 0 Å². The summed E-state index contributed by atoms with van der Waals surface area (Å²) in [7, 11) is 0. The first-order valence-electron chi connectivity index (χ1n) is 10.1. The number of rotatable bonds is 7. The third kappa shape index (κ3) is 4.69. The molecule has 0 unspecified atom stereocenters. The molecule has 4 aliphatic rings. The van der Waals surface area contributed by atoms with Gasteiger partial charge in [0.05, 0.1) is 19.3 Å². The third-order valence-corrected chi connectivity index (χ3v) is 7.06. The van der Waals surface area contributed by atoms with Crippen molar-refractivity contribution in [2.45, 2.75) is 51.9 Å². The number of alkyl halides is 3. The molecule has 7 heteroatoms. The molecule has 156 valence electrons. The molecule has 4 nitrogen and oxygen atoms in total. The smallest absolute Gasteiger partial charge is 0.389 e. The first-order chi connectivity index (χ1) is 12.6. The number of aliphatic hydroxyl groups excluding tert-OH is 1. The van der Waals surface area contributed by atoms with Gasteiger partial charge in [0.1, 0.15) is 6.04 Å². The number of fused-ring (bicyclic) bond motifs is 1. The van der Waals surface area contributed by atoms with Crippen LogP contribution in [0.1, 0.15) is 33.6 Å². The van der Waals surface area contributed by atoms with Crippen molar-refractivity contribution in [3.8, 4) is 0 Å². The van der Waals surface area contributed by atoms with Gasteiger partial charge in [0, 0.05) is 32.7 Å². The molecular weight excluding hydrogens is 357 g/mol. The normalized spacial score (nSPS) is 31.1. The maximum Gasteiger partial charge on any atom is 0.403 e. The van der Waals surface area contributed by atoms with Gasteiger partial charge in [0.25, 0.3) is 0 Å². The maximum atomic E-state index is 12.8. The van der Waals surface area contributed by atoms with Gasteiger partial charge in [-0.3, -0.25) is 9.80 Å². The van der Waals surface area contributed by atoms with E-state index in [0.717, 1.165) is 12.3 Å². The van der Waals surface area contributed by atoms with Crippen LogP contribution < -0.4 is 0 Å². The lowest BCUT2D eigenvalue weighted by molar-refractivity contribution is -0.182. The fourth-order valence-electron chi connectivity index (χ4n) is 4.84. The van der Waals surface area contributed by atoms with Crippen LogP contribution in [0.5, 0.6) is 0 Å². The van der Waals surface area contributed by atoms with Crippen LogP contribution in [0.25, 0.3) is 0 Å². The van der Waals surface area contributed by atoms with Gasteiger partial charge in [-0.05, 0) is 42.6 Å². The van der Waals surface area contributed by atoms with E-state index in [-0.39, 0.29) is 6.61 Å². The van der Waals surface area contributed by atoms with Gasteiger partial charge in [-0.1, -0.05) is 19.9 Å². The molecule has 4 atom stereocenters. The number of hydrogen-bond acceptors (Lipinski definition) is 4. The Bertz CT molecular complexity index is 542. The minimum atomic E-state index is -4.18. The van der Waals surface area contributed by atoms with Crippen molar-refractivity contribution in [2.24, 2.45) is 17.3 Å². The zero-order chi connectivity index (χ0) is 19.8. The molecule has 4 rings (SSSR count). The molecule has 0 aromatic carbocycles. The molecule has 1 heterocycles. The van der Waals surface area contributed by atoms with Crippen LogP contribution in [0.2, 0.25) is 0 Å². The summed E-state index contributed by atoms with van der Waals surface area (Å²) in [4.78, 5) is 3.48. The van der Waals surface area contributed by atoms with Crippen LogP contribution in [0.15, 0.2) is 11.6 Å². The molecule has 0 aromatic rings. The number of piperazine rings is 1. The fourth-order valence-corrected chi connectivity index (χ4v) is 4.84. The SMILES string of the molecule is C[C@H](N1CCN(C[C@@H](O)COCC2=CC[C@H]3C[C@H]2C3(C)C)CC1)C(F)(F)F. The third-order valence-electron chi connectivity index (χ3n) is 7.06. The largest absolute Gasteiger partial charge is 0.403 e. The molecule has 1 aliphatic heterocycles. The van der Waals surface area contributed by atoms with Crippen molar-refractivity contribution in [3.05, 3.63) is 11.6 Å². The fraction of sp³-hybridized carbons (Fsp3) is 0.900. The van der Waals surface area contributed by atoms with Gasteiger partial charge < -0.3 is 9.84 Å². The second kappa shape index (κ2) is 8.01. The molecule has 0 spiro atoms. The summed E-state index contributed by atoms with van der Waals surface area (Å²) in [6.07, 6.45) is -0.102. The Kier molecular flexibility index (Phi) is 6.26. The van der Waals surface area contributed by atoms with Crippen molar-refractivity contribution in [1.29, 1.82) is 0 Å². The predicted octanol–water partition coefficient (Wildman–Crippen LogP) is 2.92. The van der Waals surface area contributed by atoms with Crippen molar-refractivity contribution < 1.29 is 23.0 Å². The van der Waals surface area contributed by atoms with E-state index in [4.69, 9.17) is 4.74 Å². The summed E-state index contributed by atoms with van der Waals surface area (Å²) in [5.41, 5.74) is 1.74. The molecule has 0 radical (unpaired) electrons. The summed E-state index contributed by atoms with van der Waals surface area (Å²) in [5, 5.41) is 10.2.